The fourth-order valence-electron chi connectivity index (χ4n) is 3.93. The molecule has 31 heavy (non-hydrogen) atoms. The lowest BCUT2D eigenvalue weighted by Crippen LogP contribution is -2.21. The Morgan fingerprint density at radius 2 is 1.58 bits per heavy atom. The molecule has 0 aliphatic carbocycles. The average Bonchev–Trinajstić information content (AvgIpc) is 3.24. The summed E-state index contributed by atoms with van der Waals surface area (Å²) in [5, 5.41) is 3.04. The lowest BCUT2D eigenvalue weighted by molar-refractivity contribution is 0.102. The van der Waals surface area contributed by atoms with Crippen molar-refractivity contribution in [2.75, 3.05) is 16.8 Å². The lowest BCUT2D eigenvalue weighted by atomic mass is 10.1. The molecule has 1 aliphatic heterocycles. The third-order valence-corrected chi connectivity index (χ3v) is 5.56. The molecule has 5 rings (SSSR count). The largest absolute Gasteiger partial charge is 0.367 e. The molecule has 0 unspecified atom stereocenters. The molecule has 152 valence electrons. The van der Waals surface area contributed by atoms with Gasteiger partial charge in [-0.15, -0.1) is 0 Å². The zero-order valence-electron chi connectivity index (χ0n) is 17.0. The maximum Gasteiger partial charge on any atom is 0.258 e. The van der Waals surface area contributed by atoms with Gasteiger partial charge < -0.3 is 10.2 Å². The third kappa shape index (κ3) is 4.03. The Balaban J connectivity index is 1.32. The first-order chi connectivity index (χ1) is 15.3. The van der Waals surface area contributed by atoms with Gasteiger partial charge >= 0.3 is 0 Å². The quantitative estimate of drug-likeness (QED) is 0.509. The second-order valence-corrected chi connectivity index (χ2v) is 7.57. The third-order valence-electron chi connectivity index (χ3n) is 5.56. The molecule has 5 nitrogen and oxygen atoms in total. The second-order valence-electron chi connectivity index (χ2n) is 7.57. The standard InChI is InChI=1S/C26H22N4O/c31-26(22-16-27-25(28-17-22)20-9-2-1-3-10-20)29-23-12-6-4-11-21(23)18-30-15-14-19-8-5-7-13-24(19)30/h1-13,16-17H,14-15,18H2,(H,29,31). The Morgan fingerprint density at radius 1 is 0.871 bits per heavy atom. The topological polar surface area (TPSA) is 58.1 Å². The highest BCUT2D eigenvalue weighted by Crippen LogP contribution is 2.30. The SMILES string of the molecule is O=C(Nc1ccccc1CN1CCc2ccccc21)c1cnc(-c2ccccc2)nc1. The van der Waals surface area contributed by atoms with Gasteiger partial charge in [0.05, 0.1) is 5.56 Å². The van der Waals surface area contributed by atoms with Crippen LogP contribution in [0.2, 0.25) is 0 Å². The lowest BCUT2D eigenvalue weighted by Gasteiger charge is -2.21. The molecule has 1 N–H and O–H groups in total. The van der Waals surface area contributed by atoms with E-state index in [4.69, 9.17) is 0 Å². The van der Waals surface area contributed by atoms with Crippen molar-refractivity contribution in [3.8, 4) is 11.4 Å². The summed E-state index contributed by atoms with van der Waals surface area (Å²) in [6.07, 6.45) is 4.20. The number of carbonyl (C=O) groups is 1. The fourth-order valence-corrected chi connectivity index (χ4v) is 3.93. The van der Waals surface area contributed by atoms with E-state index in [1.807, 2.05) is 48.5 Å². The number of nitrogens with one attached hydrogen (secondary N) is 1. The smallest absolute Gasteiger partial charge is 0.258 e. The molecule has 1 aromatic heterocycles. The number of anilines is 2. The summed E-state index contributed by atoms with van der Waals surface area (Å²) < 4.78 is 0. The molecule has 0 saturated carbocycles. The van der Waals surface area contributed by atoms with Gasteiger partial charge in [-0.25, -0.2) is 9.97 Å². The molecule has 4 aromatic rings. The highest BCUT2D eigenvalue weighted by Gasteiger charge is 2.20. The van der Waals surface area contributed by atoms with Crippen LogP contribution < -0.4 is 10.2 Å². The van der Waals surface area contributed by atoms with E-state index in [1.165, 1.54) is 11.3 Å². The van der Waals surface area contributed by atoms with Gasteiger partial charge in [-0.05, 0) is 29.7 Å². The van der Waals surface area contributed by atoms with E-state index in [0.717, 1.165) is 36.3 Å². The number of rotatable bonds is 5. The van der Waals surface area contributed by atoms with E-state index in [2.05, 4.69) is 50.5 Å². The van der Waals surface area contributed by atoms with Gasteiger partial charge in [0, 0.05) is 42.4 Å². The first-order valence-corrected chi connectivity index (χ1v) is 10.4. The number of hydrogen-bond acceptors (Lipinski definition) is 4. The Morgan fingerprint density at radius 3 is 2.42 bits per heavy atom. The summed E-state index contributed by atoms with van der Waals surface area (Å²) in [4.78, 5) is 23.9. The van der Waals surface area contributed by atoms with Crippen LogP contribution in [0.4, 0.5) is 11.4 Å². The van der Waals surface area contributed by atoms with Gasteiger partial charge in [0.15, 0.2) is 5.82 Å². The number of amides is 1. The van der Waals surface area contributed by atoms with Crippen LogP contribution in [0, 0.1) is 0 Å². The van der Waals surface area contributed by atoms with Gasteiger partial charge in [0.25, 0.3) is 5.91 Å². The fraction of sp³-hybridized carbons (Fsp3) is 0.115. The molecular weight excluding hydrogens is 384 g/mol. The number of hydrogen-bond donors (Lipinski definition) is 1. The number of fused-ring (bicyclic) bond motifs is 1. The van der Waals surface area contributed by atoms with Crippen LogP contribution in [-0.4, -0.2) is 22.4 Å². The van der Waals surface area contributed by atoms with Gasteiger partial charge in [-0.1, -0.05) is 66.7 Å². The van der Waals surface area contributed by atoms with E-state index in [0.29, 0.717) is 11.4 Å². The zero-order chi connectivity index (χ0) is 21.0. The molecule has 0 radical (unpaired) electrons. The summed E-state index contributed by atoms with van der Waals surface area (Å²) >= 11 is 0. The van der Waals surface area contributed by atoms with E-state index < -0.39 is 0 Å². The average molecular weight is 406 g/mol. The van der Waals surface area contributed by atoms with Crippen molar-refractivity contribution in [1.29, 1.82) is 0 Å². The highest BCUT2D eigenvalue weighted by molar-refractivity contribution is 6.04. The van der Waals surface area contributed by atoms with Crippen molar-refractivity contribution < 1.29 is 4.79 Å². The first kappa shape index (κ1) is 19.0. The van der Waals surface area contributed by atoms with E-state index >= 15 is 0 Å². The van der Waals surface area contributed by atoms with E-state index in [-0.39, 0.29) is 5.91 Å². The molecule has 5 heteroatoms. The van der Waals surface area contributed by atoms with Crippen LogP contribution in [-0.2, 0) is 13.0 Å². The maximum atomic E-state index is 12.8. The molecule has 0 saturated heterocycles. The molecule has 0 fully saturated rings. The minimum absolute atomic E-state index is 0.214. The maximum absolute atomic E-state index is 12.8. The van der Waals surface area contributed by atoms with Crippen LogP contribution >= 0.6 is 0 Å². The van der Waals surface area contributed by atoms with Crippen LogP contribution in [0.5, 0.6) is 0 Å². The minimum atomic E-state index is -0.214. The van der Waals surface area contributed by atoms with Gasteiger partial charge in [0.1, 0.15) is 0 Å². The van der Waals surface area contributed by atoms with Crippen LogP contribution in [0.1, 0.15) is 21.5 Å². The summed E-state index contributed by atoms with van der Waals surface area (Å²) in [7, 11) is 0. The van der Waals surface area contributed by atoms with Crippen molar-refractivity contribution >= 4 is 17.3 Å². The second kappa shape index (κ2) is 8.40. The minimum Gasteiger partial charge on any atom is -0.367 e. The monoisotopic (exact) mass is 406 g/mol. The van der Waals surface area contributed by atoms with Crippen LogP contribution in [0.25, 0.3) is 11.4 Å². The highest BCUT2D eigenvalue weighted by atomic mass is 16.1. The molecule has 0 atom stereocenters. The van der Waals surface area contributed by atoms with Crippen molar-refractivity contribution in [3.63, 3.8) is 0 Å². The van der Waals surface area contributed by atoms with Crippen LogP contribution in [0.15, 0.2) is 91.3 Å². The molecule has 2 heterocycles. The Bertz CT molecular complexity index is 1210. The summed E-state index contributed by atoms with van der Waals surface area (Å²) in [6, 6.07) is 26.2. The molecule has 0 bridgehead atoms. The number of carbonyl (C=O) groups excluding carboxylic acids is 1. The molecule has 3 aromatic carbocycles. The van der Waals surface area contributed by atoms with Crippen molar-refractivity contribution in [2.45, 2.75) is 13.0 Å². The van der Waals surface area contributed by atoms with E-state index in [9.17, 15) is 4.79 Å². The Hall–Kier alpha value is -3.99. The van der Waals surface area contributed by atoms with Gasteiger partial charge in [-0.2, -0.15) is 0 Å². The summed E-state index contributed by atoms with van der Waals surface area (Å²) in [6.45, 7) is 1.73. The number of nitrogens with zero attached hydrogens (tertiary/aromatic N) is 3. The predicted molar refractivity (Wildman–Crippen MR) is 123 cm³/mol. The Kier molecular flexibility index (Phi) is 5.15. The number of benzene rings is 3. The predicted octanol–water partition coefficient (Wildman–Crippen LogP) is 4.96. The van der Waals surface area contributed by atoms with E-state index in [1.54, 1.807) is 12.4 Å². The molecule has 1 amide bonds. The summed E-state index contributed by atoms with van der Waals surface area (Å²) in [5.74, 6) is 0.388. The molecule has 0 spiro atoms. The zero-order valence-corrected chi connectivity index (χ0v) is 17.0. The van der Waals surface area contributed by atoms with Crippen molar-refractivity contribution in [3.05, 3.63) is 108 Å². The van der Waals surface area contributed by atoms with Crippen LogP contribution in [0.3, 0.4) is 0 Å². The number of para-hydroxylation sites is 2. The number of aromatic nitrogens is 2. The molecular formula is C26H22N4O. The summed E-state index contributed by atoms with van der Waals surface area (Å²) in [5.41, 5.74) is 5.89. The molecule has 1 aliphatic rings. The van der Waals surface area contributed by atoms with Crippen molar-refractivity contribution in [1.82, 2.24) is 9.97 Å². The first-order valence-electron chi connectivity index (χ1n) is 10.4. The van der Waals surface area contributed by atoms with Crippen molar-refractivity contribution in [2.24, 2.45) is 0 Å². The Labute approximate surface area is 181 Å². The normalized spacial score (nSPS) is 12.5. The van der Waals surface area contributed by atoms with Gasteiger partial charge in [-0.3, -0.25) is 4.79 Å². The van der Waals surface area contributed by atoms with Gasteiger partial charge in [0.2, 0.25) is 0 Å².